The molecule has 1 aromatic rings. The van der Waals surface area contributed by atoms with Crippen LogP contribution in [-0.2, 0) is 4.79 Å². The molecule has 2 N–H and O–H groups in total. The third kappa shape index (κ3) is 3.47. The summed E-state index contributed by atoms with van der Waals surface area (Å²) in [5.74, 6) is 1.05. The molecule has 4 nitrogen and oxygen atoms in total. The molecule has 1 aliphatic heterocycles. The van der Waals surface area contributed by atoms with Gasteiger partial charge in [-0.25, -0.2) is 0 Å². The number of benzene rings is 1. The van der Waals surface area contributed by atoms with Gasteiger partial charge in [-0.15, -0.1) is 0 Å². The molecule has 1 aliphatic rings. The molecule has 4 heteroatoms. The van der Waals surface area contributed by atoms with Crippen molar-refractivity contribution in [1.82, 2.24) is 5.32 Å². The van der Waals surface area contributed by atoms with Crippen molar-refractivity contribution in [3.05, 3.63) is 29.8 Å². The zero-order valence-electron chi connectivity index (χ0n) is 11.3. The molecule has 2 atom stereocenters. The molecule has 1 aromatic carbocycles. The van der Waals surface area contributed by atoms with Crippen molar-refractivity contribution in [2.24, 2.45) is 5.92 Å². The van der Waals surface area contributed by atoms with Gasteiger partial charge in [0.15, 0.2) is 0 Å². The zero-order chi connectivity index (χ0) is 13.7. The Kier molecular flexibility index (Phi) is 4.80. The maximum Gasteiger partial charge on any atom is 0.227 e. The standard InChI is InChI=1S/C15H21NO3/c1-11(6-8-17)10-16-15(18)13-7-9-19-14-5-3-2-4-12(13)14/h2-5,11,13,17H,6-10H2,1H3,(H,16,18). The number of fused-ring (bicyclic) bond motifs is 1. The number of nitrogens with one attached hydrogen (secondary N) is 1. The molecule has 104 valence electrons. The lowest BCUT2D eigenvalue weighted by atomic mass is 9.92. The number of hydrogen-bond donors (Lipinski definition) is 2. The van der Waals surface area contributed by atoms with Crippen LogP contribution < -0.4 is 10.1 Å². The number of carbonyl (C=O) groups is 1. The minimum absolute atomic E-state index is 0.0561. The second-order valence-electron chi connectivity index (χ2n) is 5.09. The second kappa shape index (κ2) is 6.57. The van der Waals surface area contributed by atoms with Gasteiger partial charge in [-0.05, 0) is 24.8 Å². The van der Waals surface area contributed by atoms with Crippen molar-refractivity contribution in [2.45, 2.75) is 25.7 Å². The number of hydrogen-bond acceptors (Lipinski definition) is 3. The molecule has 0 bridgehead atoms. The fraction of sp³-hybridized carbons (Fsp3) is 0.533. The Morgan fingerprint density at radius 2 is 2.32 bits per heavy atom. The number of aliphatic hydroxyl groups is 1. The van der Waals surface area contributed by atoms with E-state index in [1.165, 1.54) is 0 Å². The van der Waals surface area contributed by atoms with Crippen molar-refractivity contribution < 1.29 is 14.6 Å². The fourth-order valence-corrected chi connectivity index (χ4v) is 2.33. The van der Waals surface area contributed by atoms with E-state index in [0.717, 1.165) is 17.7 Å². The van der Waals surface area contributed by atoms with Gasteiger partial charge in [0.1, 0.15) is 5.75 Å². The number of aliphatic hydroxyl groups excluding tert-OH is 1. The molecule has 2 rings (SSSR count). The summed E-state index contributed by atoms with van der Waals surface area (Å²) >= 11 is 0. The average molecular weight is 263 g/mol. The Hall–Kier alpha value is -1.55. The quantitative estimate of drug-likeness (QED) is 0.850. The number of amides is 1. The molecule has 0 saturated carbocycles. The van der Waals surface area contributed by atoms with E-state index in [2.05, 4.69) is 5.32 Å². The van der Waals surface area contributed by atoms with Gasteiger partial charge in [0.25, 0.3) is 0 Å². The molecule has 2 unspecified atom stereocenters. The van der Waals surface area contributed by atoms with Gasteiger partial charge >= 0.3 is 0 Å². The van der Waals surface area contributed by atoms with Gasteiger partial charge in [-0.2, -0.15) is 0 Å². The summed E-state index contributed by atoms with van der Waals surface area (Å²) in [6.07, 6.45) is 1.43. The molecule has 0 radical (unpaired) electrons. The highest BCUT2D eigenvalue weighted by atomic mass is 16.5. The van der Waals surface area contributed by atoms with Crippen LogP contribution in [-0.4, -0.2) is 30.8 Å². The predicted octanol–water partition coefficient (Wildman–Crippen LogP) is 1.69. The van der Waals surface area contributed by atoms with Crippen LogP contribution in [0.25, 0.3) is 0 Å². The summed E-state index contributed by atoms with van der Waals surface area (Å²) in [6.45, 7) is 3.38. The van der Waals surface area contributed by atoms with E-state index in [1.807, 2.05) is 31.2 Å². The number of para-hydroxylation sites is 1. The van der Waals surface area contributed by atoms with Gasteiger partial charge in [0.2, 0.25) is 5.91 Å². The third-order valence-electron chi connectivity index (χ3n) is 3.52. The molecular weight excluding hydrogens is 242 g/mol. The van der Waals surface area contributed by atoms with E-state index in [4.69, 9.17) is 9.84 Å². The summed E-state index contributed by atoms with van der Waals surface area (Å²) in [7, 11) is 0. The Balaban J connectivity index is 1.97. The number of ether oxygens (including phenoxy) is 1. The van der Waals surface area contributed by atoms with E-state index < -0.39 is 0 Å². The van der Waals surface area contributed by atoms with Crippen LogP contribution in [0, 0.1) is 5.92 Å². The first-order valence-electron chi connectivity index (χ1n) is 6.82. The third-order valence-corrected chi connectivity index (χ3v) is 3.52. The highest BCUT2D eigenvalue weighted by Gasteiger charge is 2.27. The minimum atomic E-state index is -0.119. The summed E-state index contributed by atoms with van der Waals surface area (Å²) in [4.78, 5) is 12.2. The molecule has 19 heavy (non-hydrogen) atoms. The monoisotopic (exact) mass is 263 g/mol. The van der Waals surface area contributed by atoms with Crippen LogP contribution >= 0.6 is 0 Å². The molecule has 1 amide bonds. The molecule has 1 heterocycles. The van der Waals surface area contributed by atoms with E-state index in [0.29, 0.717) is 25.5 Å². The Bertz CT molecular complexity index is 433. The van der Waals surface area contributed by atoms with Crippen molar-refractivity contribution >= 4 is 5.91 Å². The lowest BCUT2D eigenvalue weighted by Gasteiger charge is -2.25. The van der Waals surface area contributed by atoms with Gasteiger partial charge in [-0.1, -0.05) is 25.1 Å². The first kappa shape index (κ1) is 13.9. The van der Waals surface area contributed by atoms with E-state index in [-0.39, 0.29) is 18.4 Å². The molecular formula is C15H21NO3. The first-order valence-corrected chi connectivity index (χ1v) is 6.82. The molecule has 0 saturated heterocycles. The van der Waals surface area contributed by atoms with Crippen LogP contribution in [0.15, 0.2) is 24.3 Å². The Morgan fingerprint density at radius 1 is 1.53 bits per heavy atom. The topological polar surface area (TPSA) is 58.6 Å². The Morgan fingerprint density at radius 3 is 3.11 bits per heavy atom. The summed E-state index contributed by atoms with van der Waals surface area (Å²) < 4.78 is 5.55. The normalized spacial score (nSPS) is 19.2. The van der Waals surface area contributed by atoms with Crippen LogP contribution in [0.5, 0.6) is 5.75 Å². The van der Waals surface area contributed by atoms with Gasteiger partial charge < -0.3 is 15.2 Å². The van der Waals surface area contributed by atoms with Crippen LogP contribution in [0.1, 0.15) is 31.2 Å². The maximum absolute atomic E-state index is 12.2. The summed E-state index contributed by atoms with van der Waals surface area (Å²) in [6, 6.07) is 7.71. The zero-order valence-corrected chi connectivity index (χ0v) is 11.3. The smallest absolute Gasteiger partial charge is 0.227 e. The van der Waals surface area contributed by atoms with Crippen molar-refractivity contribution in [3.8, 4) is 5.75 Å². The SMILES string of the molecule is CC(CCO)CNC(=O)C1CCOc2ccccc21. The highest BCUT2D eigenvalue weighted by Crippen LogP contribution is 2.33. The minimum Gasteiger partial charge on any atom is -0.493 e. The Labute approximate surface area is 113 Å². The lowest BCUT2D eigenvalue weighted by Crippen LogP contribution is -2.35. The van der Waals surface area contributed by atoms with Crippen molar-refractivity contribution in [3.63, 3.8) is 0 Å². The van der Waals surface area contributed by atoms with E-state index >= 15 is 0 Å². The first-order chi connectivity index (χ1) is 9.22. The van der Waals surface area contributed by atoms with Crippen LogP contribution in [0.2, 0.25) is 0 Å². The largest absolute Gasteiger partial charge is 0.493 e. The lowest BCUT2D eigenvalue weighted by molar-refractivity contribution is -0.123. The molecule has 0 aliphatic carbocycles. The maximum atomic E-state index is 12.2. The molecule has 0 fully saturated rings. The van der Waals surface area contributed by atoms with Crippen molar-refractivity contribution in [1.29, 1.82) is 0 Å². The summed E-state index contributed by atoms with van der Waals surface area (Å²) in [5, 5.41) is 11.8. The fourth-order valence-electron chi connectivity index (χ4n) is 2.33. The van der Waals surface area contributed by atoms with Crippen LogP contribution in [0.3, 0.4) is 0 Å². The van der Waals surface area contributed by atoms with E-state index in [1.54, 1.807) is 0 Å². The van der Waals surface area contributed by atoms with Crippen molar-refractivity contribution in [2.75, 3.05) is 19.8 Å². The number of carbonyl (C=O) groups excluding carboxylic acids is 1. The highest BCUT2D eigenvalue weighted by molar-refractivity contribution is 5.84. The molecule has 0 aromatic heterocycles. The van der Waals surface area contributed by atoms with Gasteiger partial charge in [0, 0.05) is 18.7 Å². The average Bonchev–Trinajstić information content (AvgIpc) is 2.44. The van der Waals surface area contributed by atoms with Crippen LogP contribution in [0.4, 0.5) is 0 Å². The molecule has 0 spiro atoms. The summed E-state index contributed by atoms with van der Waals surface area (Å²) in [5.41, 5.74) is 0.973. The van der Waals surface area contributed by atoms with Gasteiger partial charge in [-0.3, -0.25) is 4.79 Å². The second-order valence-corrected chi connectivity index (χ2v) is 5.09. The number of rotatable bonds is 5. The van der Waals surface area contributed by atoms with Gasteiger partial charge in [0.05, 0.1) is 12.5 Å². The van der Waals surface area contributed by atoms with E-state index in [9.17, 15) is 4.79 Å². The predicted molar refractivity (Wildman–Crippen MR) is 73.2 cm³/mol.